The predicted octanol–water partition coefficient (Wildman–Crippen LogP) is 2.49. The predicted molar refractivity (Wildman–Crippen MR) is 91.8 cm³/mol. The Morgan fingerprint density at radius 3 is 2.21 bits per heavy atom. The van der Waals surface area contributed by atoms with Crippen LogP contribution in [0.25, 0.3) is 0 Å². The first kappa shape index (κ1) is 17.2. The first-order valence-corrected chi connectivity index (χ1v) is 7.31. The number of hydrogen-bond donors (Lipinski definition) is 1. The van der Waals surface area contributed by atoms with Crippen LogP contribution in [0.5, 0.6) is 17.2 Å². The maximum atomic E-state index is 12.3. The summed E-state index contributed by atoms with van der Waals surface area (Å²) in [6, 6.07) is 12.8. The summed E-state index contributed by atoms with van der Waals surface area (Å²) in [6.07, 6.45) is 0. The fourth-order valence-corrected chi connectivity index (χ4v) is 2.09. The lowest BCUT2D eigenvalue weighted by Crippen LogP contribution is -2.24. The normalized spacial score (nSPS) is 9.46. The summed E-state index contributed by atoms with van der Waals surface area (Å²) < 4.78 is 15.7. The second-order valence-corrected chi connectivity index (χ2v) is 4.76. The summed E-state index contributed by atoms with van der Waals surface area (Å²) in [7, 11) is 4.53. The van der Waals surface area contributed by atoms with Crippen LogP contribution in [0.15, 0.2) is 42.5 Å². The molecule has 0 bridgehead atoms. The van der Waals surface area contributed by atoms with E-state index in [2.05, 4.69) is 17.2 Å². The van der Waals surface area contributed by atoms with Crippen molar-refractivity contribution in [1.29, 1.82) is 0 Å². The molecule has 5 nitrogen and oxygen atoms in total. The zero-order valence-electron chi connectivity index (χ0n) is 13.9. The van der Waals surface area contributed by atoms with E-state index < -0.39 is 0 Å². The highest BCUT2D eigenvalue weighted by atomic mass is 16.5. The van der Waals surface area contributed by atoms with Crippen molar-refractivity contribution in [2.45, 2.75) is 0 Å². The van der Waals surface area contributed by atoms with Gasteiger partial charge in [0.05, 0.1) is 33.4 Å². The van der Waals surface area contributed by atoms with Gasteiger partial charge in [0.1, 0.15) is 5.75 Å². The van der Waals surface area contributed by atoms with Crippen LogP contribution in [-0.2, 0) is 0 Å². The molecule has 2 aromatic carbocycles. The first-order valence-electron chi connectivity index (χ1n) is 7.31. The van der Waals surface area contributed by atoms with Crippen molar-refractivity contribution in [2.75, 3.05) is 27.9 Å². The van der Waals surface area contributed by atoms with Crippen LogP contribution in [0.4, 0.5) is 0 Å². The summed E-state index contributed by atoms with van der Waals surface area (Å²) >= 11 is 0. The molecule has 0 saturated carbocycles. The van der Waals surface area contributed by atoms with Gasteiger partial charge in [0.2, 0.25) is 0 Å². The Labute approximate surface area is 141 Å². The van der Waals surface area contributed by atoms with Crippen molar-refractivity contribution in [1.82, 2.24) is 5.32 Å². The Balaban J connectivity index is 2.10. The highest BCUT2D eigenvalue weighted by Gasteiger charge is 2.17. The Hall–Kier alpha value is -3.13. The maximum Gasteiger partial charge on any atom is 0.255 e. The largest absolute Gasteiger partial charge is 0.496 e. The Morgan fingerprint density at radius 1 is 0.958 bits per heavy atom. The molecule has 0 aliphatic carbocycles. The number of benzene rings is 2. The molecule has 0 atom stereocenters. The molecule has 2 aromatic rings. The second kappa shape index (κ2) is 8.49. The molecule has 124 valence electrons. The van der Waals surface area contributed by atoms with Gasteiger partial charge in [-0.15, -0.1) is 0 Å². The van der Waals surface area contributed by atoms with Gasteiger partial charge in [0.25, 0.3) is 5.91 Å². The van der Waals surface area contributed by atoms with E-state index in [1.54, 1.807) is 12.1 Å². The van der Waals surface area contributed by atoms with Crippen LogP contribution >= 0.6 is 0 Å². The highest BCUT2D eigenvalue weighted by molar-refractivity contribution is 5.98. The number of rotatable bonds is 5. The van der Waals surface area contributed by atoms with Gasteiger partial charge in [0, 0.05) is 17.7 Å². The average Bonchev–Trinajstić information content (AvgIpc) is 2.64. The second-order valence-electron chi connectivity index (χ2n) is 4.76. The smallest absolute Gasteiger partial charge is 0.255 e. The number of hydrogen-bond acceptors (Lipinski definition) is 4. The van der Waals surface area contributed by atoms with Gasteiger partial charge >= 0.3 is 0 Å². The van der Waals surface area contributed by atoms with Crippen LogP contribution in [0.2, 0.25) is 0 Å². The van der Waals surface area contributed by atoms with Crippen LogP contribution in [0.3, 0.4) is 0 Å². The number of methoxy groups -OCH3 is 3. The van der Waals surface area contributed by atoms with Gasteiger partial charge in [-0.25, -0.2) is 0 Å². The number of amides is 1. The fourth-order valence-electron chi connectivity index (χ4n) is 2.09. The number of carbonyl (C=O) groups excluding carboxylic acids is 1. The van der Waals surface area contributed by atoms with E-state index in [0.29, 0.717) is 22.8 Å². The molecule has 0 aromatic heterocycles. The summed E-state index contributed by atoms with van der Waals surface area (Å²) in [5.41, 5.74) is 1.26. The van der Waals surface area contributed by atoms with Crippen molar-refractivity contribution >= 4 is 5.91 Å². The average molecular weight is 325 g/mol. The van der Waals surface area contributed by atoms with Crippen molar-refractivity contribution in [3.05, 3.63) is 53.6 Å². The number of nitrogens with one attached hydrogen (secondary N) is 1. The Morgan fingerprint density at radius 2 is 1.58 bits per heavy atom. The molecule has 0 unspecified atom stereocenters. The standard InChI is InChI=1S/C19H19NO4/c1-22-16-13-18(24-3)17(23-2)12-15(16)19(21)20-11-7-10-14-8-5-4-6-9-14/h4-6,8-9,12-13H,11H2,1-3H3,(H,20,21). The molecule has 0 aliphatic rings. The molecule has 24 heavy (non-hydrogen) atoms. The van der Waals surface area contributed by atoms with Crippen LogP contribution in [0.1, 0.15) is 15.9 Å². The van der Waals surface area contributed by atoms with Gasteiger partial charge in [-0.05, 0) is 12.1 Å². The van der Waals surface area contributed by atoms with E-state index in [9.17, 15) is 4.79 Å². The summed E-state index contributed by atoms with van der Waals surface area (Å²) in [4.78, 5) is 12.3. The molecule has 0 aliphatic heterocycles. The fraction of sp³-hybridized carbons (Fsp3) is 0.211. The quantitative estimate of drug-likeness (QED) is 0.858. The molecule has 1 N–H and O–H groups in total. The van der Waals surface area contributed by atoms with Gasteiger partial charge in [-0.3, -0.25) is 4.79 Å². The number of ether oxygens (including phenoxy) is 3. The minimum atomic E-state index is -0.296. The molecular weight excluding hydrogens is 306 g/mol. The minimum Gasteiger partial charge on any atom is -0.496 e. The Kier molecular flexibility index (Phi) is 6.09. The lowest BCUT2D eigenvalue weighted by Gasteiger charge is -2.13. The SMILES string of the molecule is COc1cc(OC)c(C(=O)NCC#Cc2ccccc2)cc1OC. The van der Waals surface area contributed by atoms with Crippen molar-refractivity contribution < 1.29 is 19.0 Å². The summed E-state index contributed by atoms with van der Waals surface area (Å²) in [5.74, 6) is 6.95. The van der Waals surface area contributed by atoms with Crippen molar-refractivity contribution in [3.8, 4) is 29.1 Å². The summed E-state index contributed by atoms with van der Waals surface area (Å²) in [5, 5.41) is 2.74. The van der Waals surface area contributed by atoms with E-state index in [1.165, 1.54) is 21.3 Å². The van der Waals surface area contributed by atoms with E-state index in [4.69, 9.17) is 14.2 Å². The molecule has 0 heterocycles. The van der Waals surface area contributed by atoms with Crippen molar-refractivity contribution in [2.24, 2.45) is 0 Å². The topological polar surface area (TPSA) is 56.8 Å². The monoisotopic (exact) mass is 325 g/mol. The lowest BCUT2D eigenvalue weighted by atomic mass is 10.1. The molecule has 1 amide bonds. The van der Waals surface area contributed by atoms with E-state index in [0.717, 1.165) is 5.56 Å². The number of carbonyl (C=O) groups is 1. The zero-order chi connectivity index (χ0) is 17.4. The van der Waals surface area contributed by atoms with Gasteiger partial charge in [-0.1, -0.05) is 30.0 Å². The van der Waals surface area contributed by atoms with Crippen LogP contribution in [0, 0.1) is 11.8 Å². The van der Waals surface area contributed by atoms with Crippen LogP contribution < -0.4 is 19.5 Å². The molecule has 5 heteroatoms. The summed E-state index contributed by atoms with van der Waals surface area (Å²) in [6.45, 7) is 0.227. The van der Waals surface area contributed by atoms with Gasteiger partial charge < -0.3 is 19.5 Å². The first-order chi connectivity index (χ1) is 11.7. The Bertz CT molecular complexity index is 760. The highest BCUT2D eigenvalue weighted by Crippen LogP contribution is 2.34. The minimum absolute atomic E-state index is 0.227. The van der Waals surface area contributed by atoms with Gasteiger partial charge in [-0.2, -0.15) is 0 Å². The third-order valence-electron chi connectivity index (χ3n) is 3.29. The van der Waals surface area contributed by atoms with Crippen LogP contribution in [-0.4, -0.2) is 33.8 Å². The third kappa shape index (κ3) is 4.20. The van der Waals surface area contributed by atoms with Crippen molar-refractivity contribution in [3.63, 3.8) is 0 Å². The maximum absolute atomic E-state index is 12.3. The molecule has 0 saturated heterocycles. The molecule has 0 spiro atoms. The third-order valence-corrected chi connectivity index (χ3v) is 3.29. The molecule has 0 radical (unpaired) electrons. The van der Waals surface area contributed by atoms with E-state index in [1.807, 2.05) is 30.3 Å². The molecular formula is C19H19NO4. The van der Waals surface area contributed by atoms with E-state index in [-0.39, 0.29) is 12.5 Å². The lowest BCUT2D eigenvalue weighted by molar-refractivity contribution is 0.0955. The van der Waals surface area contributed by atoms with Gasteiger partial charge in [0.15, 0.2) is 11.5 Å². The molecule has 2 rings (SSSR count). The van der Waals surface area contributed by atoms with E-state index >= 15 is 0 Å². The zero-order valence-corrected chi connectivity index (χ0v) is 13.9. The molecule has 0 fully saturated rings.